The van der Waals surface area contributed by atoms with Gasteiger partial charge in [-0.2, -0.15) is 10.2 Å². The molecular formula is C32H30ClN5O2. The summed E-state index contributed by atoms with van der Waals surface area (Å²) in [6.07, 6.45) is 0. The molecule has 4 rings (SSSR count). The second-order valence-electron chi connectivity index (χ2n) is 9.37. The molecule has 2 amide bonds. The summed E-state index contributed by atoms with van der Waals surface area (Å²) in [6, 6.07) is 27.6. The van der Waals surface area contributed by atoms with Gasteiger partial charge in [-0.1, -0.05) is 83.4 Å². The van der Waals surface area contributed by atoms with E-state index < -0.39 is 11.8 Å². The highest BCUT2D eigenvalue weighted by molar-refractivity contribution is 6.31. The molecule has 0 bridgehead atoms. The van der Waals surface area contributed by atoms with Crippen molar-refractivity contribution in [2.45, 2.75) is 27.7 Å². The second kappa shape index (κ2) is 12.9. The molecule has 0 radical (unpaired) electrons. The van der Waals surface area contributed by atoms with Gasteiger partial charge in [-0.25, -0.2) is 10.9 Å². The first kappa shape index (κ1) is 28.3. The third kappa shape index (κ3) is 7.21. The highest BCUT2D eigenvalue weighted by atomic mass is 35.5. The number of aryl methyl sites for hydroxylation is 2. The molecule has 0 aliphatic carbocycles. The van der Waals surface area contributed by atoms with E-state index in [-0.39, 0.29) is 0 Å². The SMILES string of the molecule is C/C(=N\NC(=O)c1ccccc1Nc1cc(Cl)ccc1C(=O)N/N=C(\C)c1ccc(C)cc1)c1ccc(C)cc1. The molecule has 0 spiro atoms. The summed E-state index contributed by atoms with van der Waals surface area (Å²) in [5.74, 6) is -0.827. The van der Waals surface area contributed by atoms with E-state index in [9.17, 15) is 9.59 Å². The first-order valence-corrected chi connectivity index (χ1v) is 13.1. The Kier molecular flexibility index (Phi) is 9.09. The van der Waals surface area contributed by atoms with Gasteiger partial charge in [0.15, 0.2) is 0 Å². The van der Waals surface area contributed by atoms with Crippen molar-refractivity contribution in [1.29, 1.82) is 0 Å². The predicted octanol–water partition coefficient (Wildman–Crippen LogP) is 7.01. The molecule has 4 aromatic rings. The summed E-state index contributed by atoms with van der Waals surface area (Å²) in [4.78, 5) is 26.2. The van der Waals surface area contributed by atoms with E-state index in [1.54, 1.807) is 42.5 Å². The van der Waals surface area contributed by atoms with Crippen LogP contribution in [0.15, 0.2) is 101 Å². The Bertz CT molecular complexity index is 1590. The van der Waals surface area contributed by atoms with Gasteiger partial charge in [0.25, 0.3) is 11.8 Å². The van der Waals surface area contributed by atoms with Crippen molar-refractivity contribution in [3.05, 3.63) is 129 Å². The van der Waals surface area contributed by atoms with E-state index in [2.05, 4.69) is 26.4 Å². The van der Waals surface area contributed by atoms with Gasteiger partial charge < -0.3 is 5.32 Å². The maximum atomic E-state index is 13.1. The molecule has 0 fully saturated rings. The fourth-order valence-electron chi connectivity index (χ4n) is 3.86. The van der Waals surface area contributed by atoms with Crippen molar-refractivity contribution in [3.63, 3.8) is 0 Å². The number of anilines is 2. The van der Waals surface area contributed by atoms with Crippen LogP contribution in [0.2, 0.25) is 5.02 Å². The van der Waals surface area contributed by atoms with Crippen LogP contribution in [0.3, 0.4) is 0 Å². The predicted molar refractivity (Wildman–Crippen MR) is 163 cm³/mol. The molecule has 202 valence electrons. The molecule has 0 heterocycles. The van der Waals surface area contributed by atoms with Crippen molar-refractivity contribution >= 4 is 46.2 Å². The normalized spacial score (nSPS) is 11.6. The van der Waals surface area contributed by atoms with Crippen LogP contribution in [0.1, 0.15) is 56.8 Å². The highest BCUT2D eigenvalue weighted by Gasteiger charge is 2.16. The third-order valence-corrected chi connectivity index (χ3v) is 6.49. The summed E-state index contributed by atoms with van der Waals surface area (Å²) >= 11 is 6.27. The van der Waals surface area contributed by atoms with Crippen molar-refractivity contribution < 1.29 is 9.59 Å². The maximum Gasteiger partial charge on any atom is 0.273 e. The fraction of sp³-hybridized carbons (Fsp3) is 0.125. The van der Waals surface area contributed by atoms with E-state index in [0.717, 1.165) is 22.3 Å². The molecule has 3 N–H and O–H groups in total. The molecule has 0 saturated carbocycles. The minimum absolute atomic E-state index is 0.313. The lowest BCUT2D eigenvalue weighted by Crippen LogP contribution is -2.22. The average Bonchev–Trinajstić information content (AvgIpc) is 2.95. The van der Waals surface area contributed by atoms with Crippen LogP contribution in [0.4, 0.5) is 11.4 Å². The Morgan fingerprint density at radius 2 is 1.10 bits per heavy atom. The summed E-state index contributed by atoms with van der Waals surface area (Å²) in [6.45, 7) is 7.67. The lowest BCUT2D eigenvalue weighted by molar-refractivity contribution is 0.0948. The third-order valence-electron chi connectivity index (χ3n) is 6.26. The number of carbonyl (C=O) groups is 2. The Balaban J connectivity index is 1.53. The monoisotopic (exact) mass is 551 g/mol. The quantitative estimate of drug-likeness (QED) is 0.162. The summed E-state index contributed by atoms with van der Waals surface area (Å²) < 4.78 is 0. The Labute approximate surface area is 239 Å². The first-order valence-electron chi connectivity index (χ1n) is 12.7. The number of nitrogens with zero attached hydrogens (tertiary/aromatic N) is 2. The lowest BCUT2D eigenvalue weighted by atomic mass is 10.1. The summed E-state index contributed by atoms with van der Waals surface area (Å²) in [5.41, 5.74) is 12.2. The first-order chi connectivity index (χ1) is 19.2. The standard InChI is InChI=1S/C32H30ClN5O2/c1-20-9-13-24(14-10-20)22(3)35-37-31(39)27-7-5-6-8-29(27)34-30-19-26(33)17-18-28(30)32(40)38-36-23(4)25-15-11-21(2)12-16-25/h5-19,34H,1-4H3,(H,37,39)(H,38,40)/b35-22+,36-23+. The smallest absolute Gasteiger partial charge is 0.273 e. The van der Waals surface area contributed by atoms with Crippen LogP contribution in [0.5, 0.6) is 0 Å². The molecular weight excluding hydrogens is 522 g/mol. The zero-order valence-corrected chi connectivity index (χ0v) is 23.5. The van der Waals surface area contributed by atoms with E-state index in [4.69, 9.17) is 11.6 Å². The Hall–Kier alpha value is -4.75. The number of hydrazone groups is 2. The van der Waals surface area contributed by atoms with E-state index in [0.29, 0.717) is 38.9 Å². The Morgan fingerprint density at radius 3 is 1.62 bits per heavy atom. The largest absolute Gasteiger partial charge is 0.354 e. The molecule has 0 aliphatic heterocycles. The maximum absolute atomic E-state index is 13.1. The summed E-state index contributed by atoms with van der Waals surface area (Å²) in [5, 5.41) is 12.2. The zero-order chi connectivity index (χ0) is 28.6. The van der Waals surface area contributed by atoms with E-state index in [1.807, 2.05) is 76.2 Å². The van der Waals surface area contributed by atoms with Crippen LogP contribution < -0.4 is 16.2 Å². The molecule has 40 heavy (non-hydrogen) atoms. The number of hydrogen-bond donors (Lipinski definition) is 3. The van der Waals surface area contributed by atoms with Crippen molar-refractivity contribution in [2.24, 2.45) is 10.2 Å². The molecule has 0 aliphatic rings. The molecule has 0 aromatic heterocycles. The topological polar surface area (TPSA) is 95.0 Å². The average molecular weight is 552 g/mol. The lowest BCUT2D eigenvalue weighted by Gasteiger charge is -2.15. The van der Waals surface area contributed by atoms with Crippen LogP contribution in [-0.2, 0) is 0 Å². The molecule has 0 saturated heterocycles. The van der Waals surface area contributed by atoms with E-state index >= 15 is 0 Å². The molecule has 7 nitrogen and oxygen atoms in total. The van der Waals surface area contributed by atoms with Crippen molar-refractivity contribution in [3.8, 4) is 0 Å². The van der Waals surface area contributed by atoms with Gasteiger partial charge in [-0.05, 0) is 69.2 Å². The van der Waals surface area contributed by atoms with Gasteiger partial charge in [0.05, 0.1) is 33.9 Å². The minimum atomic E-state index is -0.425. The highest BCUT2D eigenvalue weighted by Crippen LogP contribution is 2.27. The Morgan fingerprint density at radius 1 is 0.625 bits per heavy atom. The van der Waals surface area contributed by atoms with Crippen molar-refractivity contribution in [2.75, 3.05) is 5.32 Å². The molecule has 4 aromatic carbocycles. The minimum Gasteiger partial charge on any atom is -0.354 e. The van der Waals surface area contributed by atoms with Gasteiger partial charge in [0.1, 0.15) is 0 Å². The number of amides is 2. The number of halogens is 1. The van der Waals surface area contributed by atoms with Crippen molar-refractivity contribution in [1.82, 2.24) is 10.9 Å². The fourth-order valence-corrected chi connectivity index (χ4v) is 4.03. The van der Waals surface area contributed by atoms with Crippen LogP contribution in [0, 0.1) is 13.8 Å². The van der Waals surface area contributed by atoms with Gasteiger partial charge in [0.2, 0.25) is 0 Å². The number of benzene rings is 4. The van der Waals surface area contributed by atoms with Crippen LogP contribution in [-0.4, -0.2) is 23.2 Å². The van der Waals surface area contributed by atoms with Crippen LogP contribution >= 0.6 is 11.6 Å². The van der Waals surface area contributed by atoms with E-state index in [1.165, 1.54) is 0 Å². The molecule has 0 unspecified atom stereocenters. The molecule has 0 atom stereocenters. The van der Waals surface area contributed by atoms with Gasteiger partial charge in [0, 0.05) is 5.02 Å². The number of hydrogen-bond acceptors (Lipinski definition) is 5. The van der Waals surface area contributed by atoms with Crippen LogP contribution in [0.25, 0.3) is 0 Å². The molecule has 8 heteroatoms. The zero-order valence-electron chi connectivity index (χ0n) is 22.7. The summed E-state index contributed by atoms with van der Waals surface area (Å²) in [7, 11) is 0. The number of nitrogens with one attached hydrogen (secondary N) is 3. The number of para-hydroxylation sites is 1. The van der Waals surface area contributed by atoms with Gasteiger partial charge >= 0.3 is 0 Å². The number of rotatable bonds is 8. The second-order valence-corrected chi connectivity index (χ2v) is 9.81. The number of carbonyl (C=O) groups excluding carboxylic acids is 2. The van der Waals surface area contributed by atoms with Gasteiger partial charge in [-0.3, -0.25) is 9.59 Å². The van der Waals surface area contributed by atoms with Gasteiger partial charge in [-0.15, -0.1) is 0 Å².